The van der Waals surface area contributed by atoms with Crippen molar-refractivity contribution >= 4 is 5.69 Å². The van der Waals surface area contributed by atoms with Crippen LogP contribution in [-0.4, -0.2) is 60.2 Å². The molecule has 21 heavy (non-hydrogen) atoms. The van der Waals surface area contributed by atoms with Crippen LogP contribution >= 0.6 is 0 Å². The molecular weight excluding hydrogens is 289 g/mol. The van der Waals surface area contributed by atoms with Gasteiger partial charge < -0.3 is 20.7 Å². The highest BCUT2D eigenvalue weighted by Gasteiger charge is 2.31. The molecule has 0 amide bonds. The van der Waals surface area contributed by atoms with Crippen molar-refractivity contribution in [3.8, 4) is 5.75 Å². The third-order valence-electron chi connectivity index (χ3n) is 2.64. The molecule has 0 bridgehead atoms. The number of halogens is 3. The maximum atomic E-state index is 12.3. The number of aliphatic hydroxyl groups excluding tert-OH is 2. The quantitative estimate of drug-likeness (QED) is 0.621. The fourth-order valence-electron chi connectivity index (χ4n) is 1.78. The number of nitrogen functional groups attached to an aromatic ring is 1. The second-order valence-electron chi connectivity index (χ2n) is 4.58. The number of rotatable bonds is 8. The summed E-state index contributed by atoms with van der Waals surface area (Å²) in [6.45, 7) is -2.24. The Morgan fingerprint density at radius 3 is 2.52 bits per heavy atom. The van der Waals surface area contributed by atoms with Gasteiger partial charge in [-0.2, -0.15) is 13.2 Å². The zero-order valence-electron chi connectivity index (χ0n) is 11.4. The average molecular weight is 308 g/mol. The lowest BCUT2D eigenvalue weighted by atomic mass is 10.3. The topological polar surface area (TPSA) is 79.0 Å². The highest BCUT2D eigenvalue weighted by atomic mass is 19.4. The summed E-state index contributed by atoms with van der Waals surface area (Å²) in [7, 11) is 0. The molecule has 1 atom stereocenters. The number of anilines is 1. The number of nitrogens with two attached hydrogens (primary N) is 1. The molecule has 0 fully saturated rings. The fraction of sp³-hybridized carbons (Fsp3) is 0.538. The van der Waals surface area contributed by atoms with Crippen LogP contribution in [0.15, 0.2) is 24.3 Å². The largest absolute Gasteiger partial charge is 0.489 e. The Labute approximate surface area is 120 Å². The summed E-state index contributed by atoms with van der Waals surface area (Å²) < 4.78 is 42.3. The van der Waals surface area contributed by atoms with Gasteiger partial charge in [-0.25, -0.2) is 0 Å². The van der Waals surface area contributed by atoms with Crippen LogP contribution in [0.1, 0.15) is 0 Å². The van der Waals surface area contributed by atoms with Crippen LogP contribution < -0.4 is 10.5 Å². The molecule has 8 heteroatoms. The van der Waals surface area contributed by atoms with Crippen molar-refractivity contribution in [2.24, 2.45) is 0 Å². The summed E-state index contributed by atoms with van der Waals surface area (Å²) in [5.74, 6) is 0.362. The lowest BCUT2D eigenvalue weighted by Gasteiger charge is -2.25. The molecule has 0 heterocycles. The molecule has 0 spiro atoms. The normalized spacial score (nSPS) is 13.4. The zero-order chi connectivity index (χ0) is 15.9. The number of ether oxygens (including phenoxy) is 1. The molecule has 0 aliphatic heterocycles. The van der Waals surface area contributed by atoms with Crippen LogP contribution in [0.5, 0.6) is 5.75 Å². The second-order valence-corrected chi connectivity index (χ2v) is 4.58. The van der Waals surface area contributed by atoms with Crippen LogP contribution in [0, 0.1) is 0 Å². The summed E-state index contributed by atoms with van der Waals surface area (Å²) in [4.78, 5) is 0.919. The van der Waals surface area contributed by atoms with Gasteiger partial charge in [0.2, 0.25) is 0 Å². The Morgan fingerprint density at radius 2 is 1.95 bits per heavy atom. The molecule has 1 aromatic carbocycles. The van der Waals surface area contributed by atoms with Gasteiger partial charge in [-0.15, -0.1) is 0 Å². The third-order valence-corrected chi connectivity index (χ3v) is 2.64. The predicted octanol–water partition coefficient (Wildman–Crippen LogP) is 0.865. The average Bonchev–Trinajstić information content (AvgIpc) is 2.36. The predicted molar refractivity (Wildman–Crippen MR) is 71.9 cm³/mol. The van der Waals surface area contributed by atoms with E-state index >= 15 is 0 Å². The van der Waals surface area contributed by atoms with Crippen LogP contribution in [0.4, 0.5) is 18.9 Å². The Hall–Kier alpha value is -1.51. The van der Waals surface area contributed by atoms with E-state index in [1.807, 2.05) is 0 Å². The molecule has 5 nitrogen and oxygen atoms in total. The smallest absolute Gasteiger partial charge is 0.401 e. The van der Waals surface area contributed by atoms with Crippen molar-refractivity contribution in [2.45, 2.75) is 12.3 Å². The summed E-state index contributed by atoms with van der Waals surface area (Å²) in [5, 5.41) is 18.5. The Bertz CT molecular complexity index is 429. The Morgan fingerprint density at radius 1 is 1.29 bits per heavy atom. The molecule has 1 rings (SSSR count). The van der Waals surface area contributed by atoms with Gasteiger partial charge >= 0.3 is 6.18 Å². The van der Waals surface area contributed by atoms with Gasteiger partial charge in [0.25, 0.3) is 0 Å². The van der Waals surface area contributed by atoms with E-state index in [-0.39, 0.29) is 19.7 Å². The summed E-state index contributed by atoms with van der Waals surface area (Å²) in [6.07, 6.45) is -5.52. The van der Waals surface area contributed by atoms with E-state index in [1.165, 1.54) is 0 Å². The fourth-order valence-corrected chi connectivity index (χ4v) is 1.78. The summed E-state index contributed by atoms with van der Waals surface area (Å²) in [6, 6.07) is 6.62. The van der Waals surface area contributed by atoms with Crippen molar-refractivity contribution in [3.05, 3.63) is 24.3 Å². The highest BCUT2D eigenvalue weighted by Crippen LogP contribution is 2.20. The molecule has 0 aliphatic rings. The number of alkyl halides is 3. The zero-order valence-corrected chi connectivity index (χ0v) is 11.4. The van der Waals surface area contributed by atoms with Gasteiger partial charge in [-0.1, -0.05) is 12.1 Å². The van der Waals surface area contributed by atoms with E-state index in [1.54, 1.807) is 24.3 Å². The molecule has 120 valence electrons. The molecule has 0 saturated carbocycles. The van der Waals surface area contributed by atoms with Crippen LogP contribution in [-0.2, 0) is 0 Å². The number of nitrogens with zero attached hydrogens (tertiary/aromatic N) is 1. The first-order chi connectivity index (χ1) is 9.81. The summed E-state index contributed by atoms with van der Waals surface area (Å²) >= 11 is 0. The number of hydrogen-bond acceptors (Lipinski definition) is 5. The van der Waals surface area contributed by atoms with Gasteiger partial charge in [0.05, 0.1) is 18.8 Å². The van der Waals surface area contributed by atoms with E-state index in [0.717, 1.165) is 4.90 Å². The maximum absolute atomic E-state index is 12.3. The molecule has 0 aromatic heterocycles. The minimum absolute atomic E-state index is 0.177. The number of para-hydroxylation sites is 2. The van der Waals surface area contributed by atoms with E-state index in [0.29, 0.717) is 11.4 Å². The van der Waals surface area contributed by atoms with Gasteiger partial charge in [0, 0.05) is 13.1 Å². The van der Waals surface area contributed by atoms with Crippen molar-refractivity contribution in [2.75, 3.05) is 38.6 Å². The number of hydrogen-bond donors (Lipinski definition) is 3. The molecule has 4 N–H and O–H groups in total. The van der Waals surface area contributed by atoms with E-state index in [4.69, 9.17) is 15.6 Å². The molecule has 0 saturated heterocycles. The van der Waals surface area contributed by atoms with Crippen molar-refractivity contribution in [1.82, 2.24) is 4.90 Å². The van der Waals surface area contributed by atoms with E-state index in [2.05, 4.69) is 0 Å². The molecule has 1 aromatic rings. The lowest BCUT2D eigenvalue weighted by Crippen LogP contribution is -2.42. The molecule has 1 unspecified atom stereocenters. The van der Waals surface area contributed by atoms with E-state index < -0.39 is 25.4 Å². The van der Waals surface area contributed by atoms with Crippen molar-refractivity contribution in [1.29, 1.82) is 0 Å². The van der Waals surface area contributed by atoms with Gasteiger partial charge in [-0.3, -0.25) is 4.90 Å². The number of aliphatic hydroxyl groups is 2. The number of benzene rings is 1. The standard InChI is InChI=1S/C13H19F3N2O3/c14-13(15,16)9-18(5-6-19)7-10(20)8-21-12-4-2-1-3-11(12)17/h1-4,10,19-20H,5-9,17H2. The first kappa shape index (κ1) is 17.5. The molecule has 0 radical (unpaired) electrons. The highest BCUT2D eigenvalue weighted by molar-refractivity contribution is 5.51. The summed E-state index contributed by atoms with van der Waals surface area (Å²) in [5.41, 5.74) is 6.02. The lowest BCUT2D eigenvalue weighted by molar-refractivity contribution is -0.149. The monoisotopic (exact) mass is 308 g/mol. The Balaban J connectivity index is 2.46. The SMILES string of the molecule is Nc1ccccc1OCC(O)CN(CCO)CC(F)(F)F. The van der Waals surface area contributed by atoms with Crippen LogP contribution in [0.3, 0.4) is 0 Å². The van der Waals surface area contributed by atoms with Crippen molar-refractivity contribution < 1.29 is 28.1 Å². The van der Waals surface area contributed by atoms with Gasteiger partial charge in [0.1, 0.15) is 18.5 Å². The van der Waals surface area contributed by atoms with Gasteiger partial charge in [0.15, 0.2) is 0 Å². The van der Waals surface area contributed by atoms with Crippen molar-refractivity contribution in [3.63, 3.8) is 0 Å². The van der Waals surface area contributed by atoms with Gasteiger partial charge in [-0.05, 0) is 12.1 Å². The first-order valence-corrected chi connectivity index (χ1v) is 6.37. The van der Waals surface area contributed by atoms with Crippen LogP contribution in [0.2, 0.25) is 0 Å². The van der Waals surface area contributed by atoms with Crippen LogP contribution in [0.25, 0.3) is 0 Å². The molecule has 0 aliphatic carbocycles. The minimum Gasteiger partial charge on any atom is -0.489 e. The third kappa shape index (κ3) is 7.16. The molecular formula is C13H19F3N2O3. The first-order valence-electron chi connectivity index (χ1n) is 6.37. The minimum atomic E-state index is -4.39. The van der Waals surface area contributed by atoms with E-state index in [9.17, 15) is 18.3 Å². The maximum Gasteiger partial charge on any atom is 0.401 e. The Kier molecular flexibility index (Phi) is 6.73. The second kappa shape index (κ2) is 8.06.